The molecule has 9 nitrogen and oxygen atoms in total. The van der Waals surface area contributed by atoms with Gasteiger partial charge in [0, 0.05) is 43.7 Å². The van der Waals surface area contributed by atoms with Crippen molar-refractivity contribution in [3.63, 3.8) is 0 Å². The molecule has 4 rings (SSSR count). The Hall–Kier alpha value is -2.72. The predicted octanol–water partition coefficient (Wildman–Crippen LogP) is 1.81. The monoisotopic (exact) mass is 431 g/mol. The van der Waals surface area contributed by atoms with Crippen LogP contribution < -0.4 is 15.5 Å². The Morgan fingerprint density at radius 3 is 2.43 bits per heavy atom. The number of morpholine rings is 1. The predicted molar refractivity (Wildman–Crippen MR) is 114 cm³/mol. The van der Waals surface area contributed by atoms with Crippen LogP contribution in [-0.4, -0.2) is 63.0 Å². The summed E-state index contributed by atoms with van der Waals surface area (Å²) < 4.78 is 29.7. The van der Waals surface area contributed by atoms with Crippen LogP contribution in [0.25, 0.3) is 11.4 Å². The van der Waals surface area contributed by atoms with E-state index in [1.807, 2.05) is 0 Å². The summed E-state index contributed by atoms with van der Waals surface area (Å²) in [7, 11) is -1.70. The second-order valence-electron chi connectivity index (χ2n) is 7.76. The number of ether oxygens (including phenoxy) is 1. The van der Waals surface area contributed by atoms with Gasteiger partial charge in [-0.1, -0.05) is 0 Å². The Morgan fingerprint density at radius 1 is 1.17 bits per heavy atom. The number of nitrogens with one attached hydrogen (secondary N) is 2. The highest BCUT2D eigenvalue weighted by atomic mass is 32.2. The van der Waals surface area contributed by atoms with E-state index in [4.69, 9.17) is 9.72 Å². The van der Waals surface area contributed by atoms with Crippen LogP contribution in [0.2, 0.25) is 0 Å². The van der Waals surface area contributed by atoms with Gasteiger partial charge in [-0.05, 0) is 37.1 Å². The third kappa shape index (κ3) is 4.88. The lowest BCUT2D eigenvalue weighted by atomic mass is 10.2. The van der Waals surface area contributed by atoms with Crippen molar-refractivity contribution in [2.45, 2.75) is 30.8 Å². The highest BCUT2D eigenvalue weighted by molar-refractivity contribution is 7.89. The number of amides is 2. The van der Waals surface area contributed by atoms with E-state index in [1.165, 1.54) is 6.26 Å². The van der Waals surface area contributed by atoms with Gasteiger partial charge in [-0.3, -0.25) is 0 Å². The van der Waals surface area contributed by atoms with Gasteiger partial charge in [0.2, 0.25) is 0 Å². The van der Waals surface area contributed by atoms with E-state index in [1.54, 1.807) is 37.4 Å². The van der Waals surface area contributed by atoms with Gasteiger partial charge in [-0.15, -0.1) is 0 Å². The van der Waals surface area contributed by atoms with E-state index in [0.29, 0.717) is 23.0 Å². The number of nitrogens with zero attached hydrogens (tertiary/aromatic N) is 3. The average molecular weight is 432 g/mol. The summed E-state index contributed by atoms with van der Waals surface area (Å²) in [6.07, 6.45) is 3.65. The number of hydrogen-bond donors (Lipinski definition) is 2. The highest BCUT2D eigenvalue weighted by Gasteiger charge is 2.34. The van der Waals surface area contributed by atoms with Gasteiger partial charge in [0.25, 0.3) is 0 Å². The molecular formula is C20H25N5O4S. The number of sulfone groups is 1. The van der Waals surface area contributed by atoms with E-state index in [-0.39, 0.29) is 24.0 Å². The molecule has 2 saturated heterocycles. The smallest absolute Gasteiger partial charge is 0.318 e. The third-order valence-corrected chi connectivity index (χ3v) is 5.99. The molecule has 1 aromatic carbocycles. The first-order valence-electron chi connectivity index (χ1n) is 9.84. The number of aromatic nitrogens is 2. The van der Waals surface area contributed by atoms with Crippen molar-refractivity contribution >= 4 is 27.4 Å². The Kier molecular flexibility index (Phi) is 5.61. The van der Waals surface area contributed by atoms with Crippen LogP contribution >= 0.6 is 0 Å². The standard InChI is InChI=1S/C20H25N5O4S/c1-21-20(26)23-14-5-3-13(4-6-14)19-22-15(12-30(2,27)28)9-18(24-19)25-10-16-7-8-17(11-25)29-16/h3-6,9,16-17H,7-8,10-12H2,1-2H3,(H2,21,23,26). The van der Waals surface area contributed by atoms with Crippen LogP contribution in [0.3, 0.4) is 0 Å². The summed E-state index contributed by atoms with van der Waals surface area (Å²) in [5.74, 6) is 1.02. The topological polar surface area (TPSA) is 114 Å². The van der Waals surface area contributed by atoms with Gasteiger partial charge in [0.15, 0.2) is 15.7 Å². The van der Waals surface area contributed by atoms with Crippen LogP contribution in [-0.2, 0) is 20.3 Å². The van der Waals surface area contributed by atoms with Crippen molar-refractivity contribution < 1.29 is 17.9 Å². The molecular weight excluding hydrogens is 406 g/mol. The molecule has 0 aliphatic carbocycles. The molecule has 0 saturated carbocycles. The number of rotatable bonds is 5. The van der Waals surface area contributed by atoms with E-state index in [0.717, 1.165) is 31.5 Å². The fourth-order valence-electron chi connectivity index (χ4n) is 3.81. The zero-order valence-electron chi connectivity index (χ0n) is 17.0. The maximum Gasteiger partial charge on any atom is 0.318 e. The van der Waals surface area contributed by atoms with Gasteiger partial charge in [-0.25, -0.2) is 23.2 Å². The van der Waals surface area contributed by atoms with Crippen molar-refractivity contribution in [3.8, 4) is 11.4 Å². The normalized spacial score (nSPS) is 20.8. The van der Waals surface area contributed by atoms with Crippen LogP contribution in [0, 0.1) is 0 Å². The first kappa shape index (κ1) is 20.5. The number of carbonyl (C=O) groups excluding carboxylic acids is 1. The molecule has 2 N–H and O–H groups in total. The van der Waals surface area contributed by atoms with Gasteiger partial charge < -0.3 is 20.3 Å². The lowest BCUT2D eigenvalue weighted by Crippen LogP contribution is -2.43. The second-order valence-corrected chi connectivity index (χ2v) is 9.90. The highest BCUT2D eigenvalue weighted by Crippen LogP contribution is 2.30. The molecule has 2 fully saturated rings. The van der Waals surface area contributed by atoms with Crippen LogP contribution in [0.15, 0.2) is 30.3 Å². The molecule has 2 aliphatic rings. The first-order valence-corrected chi connectivity index (χ1v) is 11.9. The number of anilines is 2. The van der Waals surface area contributed by atoms with Crippen molar-refractivity contribution in [1.82, 2.24) is 15.3 Å². The van der Waals surface area contributed by atoms with E-state index >= 15 is 0 Å². The Balaban J connectivity index is 1.66. The number of fused-ring (bicyclic) bond motifs is 2. The minimum atomic E-state index is -3.24. The zero-order valence-corrected chi connectivity index (χ0v) is 17.8. The Labute approximate surface area is 175 Å². The number of carbonyl (C=O) groups is 1. The summed E-state index contributed by atoms with van der Waals surface area (Å²) >= 11 is 0. The summed E-state index contributed by atoms with van der Waals surface area (Å²) in [5, 5.41) is 5.20. The van der Waals surface area contributed by atoms with Crippen molar-refractivity contribution in [1.29, 1.82) is 0 Å². The summed E-state index contributed by atoms with van der Waals surface area (Å²) in [5.41, 5.74) is 1.84. The molecule has 160 valence electrons. The average Bonchev–Trinajstić information content (AvgIpc) is 3.04. The maximum atomic E-state index is 11.9. The Bertz CT molecular complexity index is 1030. The summed E-state index contributed by atoms with van der Waals surface area (Å²) in [6.45, 7) is 1.47. The van der Waals surface area contributed by atoms with Gasteiger partial charge in [0.05, 0.1) is 23.7 Å². The zero-order chi connectivity index (χ0) is 21.3. The molecule has 2 aliphatic heterocycles. The minimum absolute atomic E-state index is 0.150. The molecule has 2 aromatic rings. The number of benzene rings is 1. The number of hydrogen-bond acceptors (Lipinski definition) is 7. The van der Waals surface area contributed by atoms with Crippen LogP contribution in [0.5, 0.6) is 0 Å². The molecule has 2 amide bonds. The van der Waals surface area contributed by atoms with Crippen molar-refractivity contribution in [2.75, 3.05) is 36.6 Å². The van der Waals surface area contributed by atoms with Gasteiger partial charge in [-0.2, -0.15) is 0 Å². The van der Waals surface area contributed by atoms with E-state index in [9.17, 15) is 13.2 Å². The summed E-state index contributed by atoms with van der Waals surface area (Å²) in [6, 6.07) is 8.57. The lowest BCUT2D eigenvalue weighted by molar-refractivity contribution is 0.0302. The largest absolute Gasteiger partial charge is 0.371 e. The molecule has 2 bridgehead atoms. The Morgan fingerprint density at radius 2 is 1.83 bits per heavy atom. The SMILES string of the molecule is CNC(=O)Nc1ccc(-c2nc(CS(C)(=O)=O)cc(N3CC4CCC(C3)O4)n2)cc1. The van der Waals surface area contributed by atoms with Crippen LogP contribution in [0.4, 0.5) is 16.3 Å². The third-order valence-electron chi connectivity index (χ3n) is 5.17. The number of urea groups is 1. The fraction of sp³-hybridized carbons (Fsp3) is 0.450. The van der Waals surface area contributed by atoms with E-state index in [2.05, 4.69) is 20.5 Å². The van der Waals surface area contributed by atoms with E-state index < -0.39 is 9.84 Å². The van der Waals surface area contributed by atoms with Gasteiger partial charge in [0.1, 0.15) is 5.82 Å². The maximum absolute atomic E-state index is 11.9. The molecule has 3 heterocycles. The fourth-order valence-corrected chi connectivity index (χ4v) is 4.50. The molecule has 0 spiro atoms. The molecule has 10 heteroatoms. The summed E-state index contributed by atoms with van der Waals surface area (Å²) in [4.78, 5) is 22.9. The molecule has 1 aromatic heterocycles. The van der Waals surface area contributed by atoms with Crippen LogP contribution in [0.1, 0.15) is 18.5 Å². The molecule has 0 radical (unpaired) electrons. The lowest BCUT2D eigenvalue weighted by Gasteiger charge is -2.33. The molecule has 30 heavy (non-hydrogen) atoms. The quantitative estimate of drug-likeness (QED) is 0.742. The minimum Gasteiger partial charge on any atom is -0.371 e. The first-order chi connectivity index (χ1) is 14.3. The van der Waals surface area contributed by atoms with Gasteiger partial charge >= 0.3 is 6.03 Å². The molecule has 2 atom stereocenters. The second kappa shape index (κ2) is 8.19. The van der Waals surface area contributed by atoms with Crippen molar-refractivity contribution in [3.05, 3.63) is 36.0 Å². The molecule has 2 unspecified atom stereocenters. The van der Waals surface area contributed by atoms with Crippen molar-refractivity contribution in [2.24, 2.45) is 0 Å².